The molecule has 0 saturated carbocycles. The van der Waals surface area contributed by atoms with Crippen LogP contribution in [0.4, 0.5) is 0 Å². The molecule has 0 bridgehead atoms. The molecule has 8 heteroatoms. The molecule has 1 atom stereocenters. The number of nitrogens with zero attached hydrogens (tertiary/aromatic N) is 4. The number of Topliss-reactive ketones (excluding diaryl/α,β-unsaturated/α-hetero) is 1. The molecule has 7 nitrogen and oxygen atoms in total. The van der Waals surface area contributed by atoms with Gasteiger partial charge in [0.15, 0.2) is 0 Å². The Bertz CT molecular complexity index is 1180. The zero-order chi connectivity index (χ0) is 24.2. The van der Waals surface area contributed by atoms with Gasteiger partial charge < -0.3 is 14.9 Å². The van der Waals surface area contributed by atoms with Crippen molar-refractivity contribution in [2.75, 3.05) is 26.2 Å². The van der Waals surface area contributed by atoms with Crippen molar-refractivity contribution in [3.05, 3.63) is 75.7 Å². The van der Waals surface area contributed by atoms with Gasteiger partial charge in [-0.1, -0.05) is 38.1 Å². The topological polar surface area (TPSA) is 78.7 Å². The molecular weight excluding hydrogens is 448 g/mol. The monoisotopic (exact) mass is 478 g/mol. The molecule has 3 heterocycles. The normalized spacial score (nSPS) is 17.8. The van der Waals surface area contributed by atoms with Crippen LogP contribution in [0, 0.1) is 6.92 Å². The smallest absolute Gasteiger partial charge is 0.295 e. The van der Waals surface area contributed by atoms with E-state index in [0.717, 1.165) is 36.6 Å². The number of carbonyl (C=O) groups excluding carboxylic acids is 2. The van der Waals surface area contributed by atoms with Gasteiger partial charge in [-0.2, -0.15) is 5.10 Å². The Balaban J connectivity index is 1.72. The van der Waals surface area contributed by atoms with Gasteiger partial charge >= 0.3 is 0 Å². The summed E-state index contributed by atoms with van der Waals surface area (Å²) in [4.78, 5) is 31.0. The first-order valence-electron chi connectivity index (χ1n) is 11.6. The summed E-state index contributed by atoms with van der Waals surface area (Å²) >= 11 is 1.48. The van der Waals surface area contributed by atoms with E-state index in [1.807, 2.05) is 54.8 Å². The van der Waals surface area contributed by atoms with Gasteiger partial charge in [0.25, 0.3) is 11.7 Å². The Hall–Kier alpha value is -3.23. The number of thiophene rings is 1. The second kappa shape index (κ2) is 10.4. The van der Waals surface area contributed by atoms with E-state index in [4.69, 9.17) is 0 Å². The average molecular weight is 479 g/mol. The minimum atomic E-state index is -0.648. The number of benzene rings is 1. The van der Waals surface area contributed by atoms with E-state index in [1.165, 1.54) is 11.3 Å². The molecule has 0 radical (unpaired) electrons. The fraction of sp³-hybridized carbons (Fsp3) is 0.346. The minimum Gasteiger partial charge on any atom is -0.507 e. The van der Waals surface area contributed by atoms with E-state index in [9.17, 15) is 14.7 Å². The number of carbonyl (C=O) groups is 2. The van der Waals surface area contributed by atoms with E-state index < -0.39 is 17.7 Å². The van der Waals surface area contributed by atoms with Crippen LogP contribution in [-0.2, 0) is 9.59 Å². The van der Waals surface area contributed by atoms with Crippen molar-refractivity contribution in [2.45, 2.75) is 33.2 Å². The number of rotatable bonds is 9. The van der Waals surface area contributed by atoms with Gasteiger partial charge in [0.05, 0.1) is 34.8 Å². The molecule has 1 fully saturated rings. The molecule has 34 heavy (non-hydrogen) atoms. The van der Waals surface area contributed by atoms with Crippen LogP contribution in [0.2, 0.25) is 0 Å². The number of ketones is 1. The van der Waals surface area contributed by atoms with Crippen LogP contribution in [0.5, 0.6) is 0 Å². The number of hydrogen-bond acceptors (Lipinski definition) is 6. The predicted molar refractivity (Wildman–Crippen MR) is 134 cm³/mol. The minimum absolute atomic E-state index is 0.131. The number of aliphatic hydroxyl groups excluding tert-OH is 1. The van der Waals surface area contributed by atoms with Crippen LogP contribution in [-0.4, -0.2) is 62.6 Å². The summed E-state index contributed by atoms with van der Waals surface area (Å²) in [5, 5.41) is 17.7. The molecule has 1 saturated heterocycles. The quantitative estimate of drug-likeness (QED) is 0.280. The largest absolute Gasteiger partial charge is 0.507 e. The third-order valence-corrected chi connectivity index (χ3v) is 7.31. The Morgan fingerprint density at radius 1 is 1.12 bits per heavy atom. The number of aliphatic hydroxyl groups is 1. The Kier molecular flexibility index (Phi) is 7.29. The molecule has 0 spiro atoms. The SMILES string of the molecule is CCN(CC)CCCN1C(=O)C(=O)/C(=C(/O)c2cnn(-c3ccccc3)c2C)C1c1cccs1. The molecular formula is C26H30N4O3S. The van der Waals surface area contributed by atoms with Crippen LogP contribution < -0.4 is 0 Å². The molecule has 1 aliphatic heterocycles. The van der Waals surface area contributed by atoms with Crippen molar-refractivity contribution < 1.29 is 14.7 Å². The maximum absolute atomic E-state index is 13.2. The van der Waals surface area contributed by atoms with Gasteiger partial charge in [-0.3, -0.25) is 9.59 Å². The van der Waals surface area contributed by atoms with Gasteiger partial charge in [0.2, 0.25) is 0 Å². The van der Waals surface area contributed by atoms with Crippen LogP contribution in [0.15, 0.2) is 59.6 Å². The summed E-state index contributed by atoms with van der Waals surface area (Å²) in [7, 11) is 0. The summed E-state index contributed by atoms with van der Waals surface area (Å²) < 4.78 is 1.72. The standard InChI is InChI=1S/C26H30N4O3S/c1-4-28(5-2)14-10-15-29-23(21-13-9-16-34-21)22(25(32)26(29)33)24(31)20-17-27-30(18(20)3)19-11-7-6-8-12-19/h6-9,11-13,16-17,23,31H,4-5,10,14-15H2,1-3H3/b24-22+. The van der Waals surface area contributed by atoms with E-state index in [1.54, 1.807) is 15.8 Å². The molecule has 1 aliphatic rings. The van der Waals surface area contributed by atoms with Crippen molar-refractivity contribution in [1.29, 1.82) is 0 Å². The predicted octanol–water partition coefficient (Wildman–Crippen LogP) is 4.40. The summed E-state index contributed by atoms with van der Waals surface area (Å²) in [5.41, 5.74) is 2.13. The zero-order valence-corrected chi connectivity index (χ0v) is 20.6. The molecule has 1 amide bonds. The fourth-order valence-corrected chi connectivity index (χ4v) is 5.32. The molecule has 1 unspecified atom stereocenters. The highest BCUT2D eigenvalue weighted by Crippen LogP contribution is 2.41. The summed E-state index contributed by atoms with van der Waals surface area (Å²) in [5.74, 6) is -1.39. The highest BCUT2D eigenvalue weighted by atomic mass is 32.1. The van der Waals surface area contributed by atoms with Gasteiger partial charge in [-0.05, 0) is 56.6 Å². The second-order valence-electron chi connectivity index (χ2n) is 8.28. The van der Waals surface area contributed by atoms with Crippen molar-refractivity contribution in [3.8, 4) is 5.69 Å². The number of para-hydroxylation sites is 1. The highest BCUT2D eigenvalue weighted by molar-refractivity contribution is 7.10. The maximum Gasteiger partial charge on any atom is 0.295 e. The first-order valence-corrected chi connectivity index (χ1v) is 12.5. The molecule has 3 aromatic rings. The molecule has 178 valence electrons. The van der Waals surface area contributed by atoms with E-state index in [0.29, 0.717) is 17.8 Å². The third-order valence-electron chi connectivity index (χ3n) is 6.39. The summed E-state index contributed by atoms with van der Waals surface area (Å²) in [6, 6.07) is 12.8. The number of aromatic nitrogens is 2. The van der Waals surface area contributed by atoms with Crippen LogP contribution >= 0.6 is 11.3 Å². The molecule has 1 aromatic carbocycles. The zero-order valence-electron chi connectivity index (χ0n) is 19.8. The van der Waals surface area contributed by atoms with Crippen molar-refractivity contribution in [3.63, 3.8) is 0 Å². The van der Waals surface area contributed by atoms with E-state index in [2.05, 4.69) is 23.8 Å². The van der Waals surface area contributed by atoms with Gasteiger partial charge in [0, 0.05) is 11.4 Å². The lowest BCUT2D eigenvalue weighted by Crippen LogP contribution is -2.33. The first kappa shape index (κ1) is 23.9. The molecule has 4 rings (SSSR count). The van der Waals surface area contributed by atoms with Gasteiger partial charge in [-0.25, -0.2) is 4.68 Å². The Morgan fingerprint density at radius 3 is 2.50 bits per heavy atom. The first-order chi connectivity index (χ1) is 16.5. The van der Waals surface area contributed by atoms with Crippen molar-refractivity contribution in [2.24, 2.45) is 0 Å². The van der Waals surface area contributed by atoms with Crippen LogP contribution in [0.3, 0.4) is 0 Å². The van der Waals surface area contributed by atoms with E-state index in [-0.39, 0.29) is 11.3 Å². The van der Waals surface area contributed by atoms with Crippen LogP contribution in [0.1, 0.15) is 42.4 Å². The lowest BCUT2D eigenvalue weighted by molar-refractivity contribution is -0.139. The summed E-state index contributed by atoms with van der Waals surface area (Å²) in [6.45, 7) is 9.23. The number of likely N-dealkylation sites (tertiary alicyclic amines) is 1. The maximum atomic E-state index is 13.2. The highest BCUT2D eigenvalue weighted by Gasteiger charge is 2.46. The van der Waals surface area contributed by atoms with E-state index >= 15 is 0 Å². The number of hydrogen-bond donors (Lipinski definition) is 1. The van der Waals surface area contributed by atoms with Gasteiger partial charge in [-0.15, -0.1) is 11.3 Å². The lowest BCUT2D eigenvalue weighted by Gasteiger charge is -2.25. The molecule has 1 N–H and O–H groups in total. The average Bonchev–Trinajstić information content (AvgIpc) is 3.57. The number of amides is 1. The van der Waals surface area contributed by atoms with Crippen LogP contribution in [0.25, 0.3) is 11.4 Å². The molecule has 0 aliphatic carbocycles. The Morgan fingerprint density at radius 2 is 1.85 bits per heavy atom. The second-order valence-corrected chi connectivity index (χ2v) is 9.26. The fourth-order valence-electron chi connectivity index (χ4n) is 4.47. The Labute approximate surface area is 203 Å². The lowest BCUT2D eigenvalue weighted by atomic mass is 10.00. The third kappa shape index (κ3) is 4.43. The van der Waals surface area contributed by atoms with Gasteiger partial charge in [0.1, 0.15) is 5.76 Å². The molecule has 2 aromatic heterocycles. The van der Waals surface area contributed by atoms with Crippen molar-refractivity contribution >= 4 is 28.8 Å². The summed E-state index contributed by atoms with van der Waals surface area (Å²) in [6.07, 6.45) is 2.30. The van der Waals surface area contributed by atoms with Crippen molar-refractivity contribution in [1.82, 2.24) is 19.6 Å².